The number of hydrogen-bond acceptors (Lipinski definition) is 2. The van der Waals surface area contributed by atoms with E-state index in [9.17, 15) is 9.90 Å². The Kier molecular flexibility index (Phi) is 5.28. The maximum absolute atomic E-state index is 10.5. The first kappa shape index (κ1) is 12.3. The fourth-order valence-corrected chi connectivity index (χ4v) is 0.956. The summed E-state index contributed by atoms with van der Waals surface area (Å²) in [4.78, 5) is 10.5. The van der Waals surface area contributed by atoms with Crippen molar-refractivity contribution >= 4 is 5.97 Å². The minimum Gasteiger partial charge on any atom is -0.545 e. The van der Waals surface area contributed by atoms with Gasteiger partial charge in [0.25, 0.3) is 0 Å². The molecule has 0 unspecified atom stereocenters. The number of rotatable bonds is 1. The van der Waals surface area contributed by atoms with E-state index in [0.29, 0.717) is 0 Å². The second-order valence-corrected chi connectivity index (χ2v) is 2.61. The minimum absolute atomic E-state index is 0. The fourth-order valence-electron chi connectivity index (χ4n) is 0.956. The zero-order chi connectivity index (χ0) is 8.43. The summed E-state index contributed by atoms with van der Waals surface area (Å²) in [6.45, 7) is 3.61. The molecule has 0 amide bonds. The Morgan fingerprint density at radius 1 is 1.33 bits per heavy atom. The third-order valence-corrected chi connectivity index (χ3v) is 1.61. The minimum atomic E-state index is -1.11. The van der Waals surface area contributed by atoms with E-state index in [0.717, 1.165) is 11.1 Å². The van der Waals surface area contributed by atoms with E-state index in [1.165, 1.54) is 0 Å². The van der Waals surface area contributed by atoms with Crippen molar-refractivity contribution in [2.75, 3.05) is 0 Å². The quantitative estimate of drug-likeness (QED) is 0.464. The van der Waals surface area contributed by atoms with Crippen molar-refractivity contribution in [3.63, 3.8) is 0 Å². The van der Waals surface area contributed by atoms with Crippen molar-refractivity contribution < 1.29 is 61.3 Å². The molecule has 0 heterocycles. The van der Waals surface area contributed by atoms with Gasteiger partial charge in [-0.1, -0.05) is 17.7 Å². The van der Waals surface area contributed by atoms with Crippen molar-refractivity contribution in [2.24, 2.45) is 0 Å². The van der Waals surface area contributed by atoms with E-state index in [1.807, 2.05) is 13.0 Å². The Bertz CT molecular complexity index is 295. The molecular weight excluding hydrogens is 179 g/mol. The van der Waals surface area contributed by atoms with Gasteiger partial charge < -0.3 is 9.90 Å². The molecule has 0 aliphatic carbocycles. The Labute approximate surface area is 114 Å². The van der Waals surface area contributed by atoms with Crippen LogP contribution in [-0.2, 0) is 0 Å². The third kappa shape index (κ3) is 2.99. The van der Waals surface area contributed by atoms with Gasteiger partial charge >= 0.3 is 51.4 Å². The molecule has 0 fully saturated rings. The predicted octanol–water partition coefficient (Wildman–Crippen LogP) is -2.33. The predicted molar refractivity (Wildman–Crippen MR) is 40.2 cm³/mol. The maximum atomic E-state index is 10.5. The summed E-state index contributed by atoms with van der Waals surface area (Å²) >= 11 is 0. The average Bonchev–Trinajstić information content (AvgIpc) is 1.94. The van der Waals surface area contributed by atoms with E-state index >= 15 is 0 Å². The Balaban J connectivity index is 0.00000121. The van der Waals surface area contributed by atoms with Crippen LogP contribution in [0.5, 0.6) is 0 Å². The molecule has 0 saturated heterocycles. The van der Waals surface area contributed by atoms with Crippen LogP contribution in [0.15, 0.2) is 18.2 Å². The van der Waals surface area contributed by atoms with Gasteiger partial charge in [-0.2, -0.15) is 0 Å². The standard InChI is InChI=1S/C9H10O2.K/c1-6-3-4-7(2)8(5-6)9(10)11;/h3-5H,1-2H3,(H,10,11);/q;+1/p-1. The molecular formula is C9H9KO2. The van der Waals surface area contributed by atoms with E-state index in [4.69, 9.17) is 0 Å². The van der Waals surface area contributed by atoms with E-state index in [2.05, 4.69) is 0 Å². The summed E-state index contributed by atoms with van der Waals surface area (Å²) in [5.74, 6) is -1.11. The second-order valence-electron chi connectivity index (χ2n) is 2.61. The van der Waals surface area contributed by atoms with Crippen LogP contribution in [-0.4, -0.2) is 5.97 Å². The van der Waals surface area contributed by atoms with Gasteiger partial charge in [0.05, 0.1) is 5.97 Å². The molecule has 12 heavy (non-hydrogen) atoms. The molecule has 58 valence electrons. The van der Waals surface area contributed by atoms with Gasteiger partial charge in [-0.15, -0.1) is 0 Å². The smallest absolute Gasteiger partial charge is 0.545 e. The number of aromatic carboxylic acids is 1. The van der Waals surface area contributed by atoms with Crippen LogP contribution in [0, 0.1) is 13.8 Å². The van der Waals surface area contributed by atoms with Crippen LogP contribution in [0.4, 0.5) is 0 Å². The van der Waals surface area contributed by atoms with Gasteiger partial charge in [-0.3, -0.25) is 0 Å². The molecule has 0 atom stereocenters. The van der Waals surface area contributed by atoms with Crippen molar-refractivity contribution in [3.05, 3.63) is 34.9 Å². The fraction of sp³-hybridized carbons (Fsp3) is 0.222. The molecule has 0 spiro atoms. The molecule has 0 radical (unpaired) electrons. The van der Waals surface area contributed by atoms with E-state index in [-0.39, 0.29) is 56.9 Å². The third-order valence-electron chi connectivity index (χ3n) is 1.61. The summed E-state index contributed by atoms with van der Waals surface area (Å²) in [5, 5.41) is 10.5. The van der Waals surface area contributed by atoms with Crippen molar-refractivity contribution in [1.82, 2.24) is 0 Å². The first-order valence-corrected chi connectivity index (χ1v) is 3.40. The number of carbonyl (C=O) groups is 1. The Morgan fingerprint density at radius 3 is 2.33 bits per heavy atom. The van der Waals surface area contributed by atoms with Crippen molar-refractivity contribution in [1.29, 1.82) is 0 Å². The molecule has 2 nitrogen and oxygen atoms in total. The summed E-state index contributed by atoms with van der Waals surface area (Å²) in [6.07, 6.45) is 0. The number of aryl methyl sites for hydroxylation is 2. The van der Waals surface area contributed by atoms with Crippen LogP contribution in [0.1, 0.15) is 21.5 Å². The Hall–Kier alpha value is 0.326. The van der Waals surface area contributed by atoms with Crippen molar-refractivity contribution in [2.45, 2.75) is 13.8 Å². The van der Waals surface area contributed by atoms with Gasteiger partial charge in [-0.25, -0.2) is 0 Å². The molecule has 0 N–H and O–H groups in total. The normalized spacial score (nSPS) is 8.83. The SMILES string of the molecule is Cc1ccc(C)c(C(=O)[O-])c1.[K+]. The van der Waals surface area contributed by atoms with Crippen LogP contribution in [0.3, 0.4) is 0 Å². The first-order chi connectivity index (χ1) is 5.11. The van der Waals surface area contributed by atoms with E-state index in [1.54, 1.807) is 19.1 Å². The summed E-state index contributed by atoms with van der Waals surface area (Å²) in [5.41, 5.74) is 1.97. The van der Waals surface area contributed by atoms with Gasteiger partial charge in [0.2, 0.25) is 0 Å². The van der Waals surface area contributed by atoms with Gasteiger partial charge in [0.1, 0.15) is 0 Å². The molecule has 0 aromatic heterocycles. The van der Waals surface area contributed by atoms with Crippen LogP contribution >= 0.6 is 0 Å². The van der Waals surface area contributed by atoms with E-state index < -0.39 is 5.97 Å². The number of carboxylic acids is 1. The van der Waals surface area contributed by atoms with Gasteiger partial charge in [0.15, 0.2) is 0 Å². The van der Waals surface area contributed by atoms with Gasteiger partial charge in [-0.05, 0) is 25.5 Å². The summed E-state index contributed by atoms with van der Waals surface area (Å²) < 4.78 is 0. The molecule has 0 saturated carbocycles. The zero-order valence-electron chi connectivity index (χ0n) is 7.55. The molecule has 1 rings (SSSR count). The van der Waals surface area contributed by atoms with Crippen LogP contribution in [0.25, 0.3) is 0 Å². The number of hydrogen-bond donors (Lipinski definition) is 0. The molecule has 0 bridgehead atoms. The largest absolute Gasteiger partial charge is 1.00 e. The first-order valence-electron chi connectivity index (χ1n) is 3.40. The summed E-state index contributed by atoms with van der Waals surface area (Å²) in [7, 11) is 0. The molecule has 3 heteroatoms. The topological polar surface area (TPSA) is 40.1 Å². The van der Waals surface area contributed by atoms with Gasteiger partial charge in [0, 0.05) is 5.56 Å². The van der Waals surface area contributed by atoms with Crippen LogP contribution < -0.4 is 56.5 Å². The maximum Gasteiger partial charge on any atom is 1.00 e. The molecule has 0 aliphatic rings. The molecule has 1 aromatic rings. The van der Waals surface area contributed by atoms with Crippen LogP contribution in [0.2, 0.25) is 0 Å². The number of carboxylic acid groups (broad SMARTS) is 1. The molecule has 1 aromatic carbocycles. The molecule has 0 aliphatic heterocycles. The number of carbonyl (C=O) groups excluding carboxylic acids is 1. The monoisotopic (exact) mass is 188 g/mol. The van der Waals surface area contributed by atoms with Crippen molar-refractivity contribution in [3.8, 4) is 0 Å². The average molecular weight is 188 g/mol. The zero-order valence-corrected chi connectivity index (χ0v) is 10.7. The summed E-state index contributed by atoms with van der Waals surface area (Å²) in [6, 6.07) is 5.27. The second kappa shape index (κ2) is 5.14. The number of benzene rings is 1. The Morgan fingerprint density at radius 2 is 1.92 bits per heavy atom.